The SMILES string of the molecule is COc1ccc(OC2CCN(C(N)=O)CC2)nn1. The van der Waals surface area contributed by atoms with E-state index >= 15 is 0 Å². The third kappa shape index (κ3) is 2.99. The van der Waals surface area contributed by atoms with Crippen LogP contribution in [0, 0.1) is 0 Å². The van der Waals surface area contributed by atoms with Gasteiger partial charge in [0.15, 0.2) is 0 Å². The van der Waals surface area contributed by atoms with Gasteiger partial charge in [0.1, 0.15) is 6.10 Å². The second-order valence-electron chi connectivity index (χ2n) is 4.06. The number of methoxy groups -OCH3 is 1. The van der Waals surface area contributed by atoms with E-state index in [-0.39, 0.29) is 12.1 Å². The van der Waals surface area contributed by atoms with Crippen LogP contribution in [0.1, 0.15) is 12.8 Å². The summed E-state index contributed by atoms with van der Waals surface area (Å²) in [5.41, 5.74) is 5.21. The summed E-state index contributed by atoms with van der Waals surface area (Å²) in [6, 6.07) is 3.03. The van der Waals surface area contributed by atoms with Gasteiger partial charge in [0.05, 0.1) is 7.11 Å². The van der Waals surface area contributed by atoms with Crippen LogP contribution in [0.15, 0.2) is 12.1 Å². The molecule has 1 saturated heterocycles. The molecule has 0 atom stereocenters. The van der Waals surface area contributed by atoms with Gasteiger partial charge in [0.2, 0.25) is 11.8 Å². The number of nitrogens with zero attached hydrogens (tertiary/aromatic N) is 3. The average Bonchev–Trinajstić information content (AvgIpc) is 2.40. The minimum atomic E-state index is -0.377. The van der Waals surface area contributed by atoms with Gasteiger partial charge in [-0.2, -0.15) is 0 Å². The molecule has 2 heterocycles. The summed E-state index contributed by atoms with van der Waals surface area (Å²) in [6.07, 6.45) is 1.54. The van der Waals surface area contributed by atoms with E-state index in [4.69, 9.17) is 15.2 Å². The normalized spacial score (nSPS) is 16.4. The number of carbonyl (C=O) groups excluding carboxylic acids is 1. The first-order chi connectivity index (χ1) is 8.69. The number of hydrogen-bond donors (Lipinski definition) is 1. The quantitative estimate of drug-likeness (QED) is 0.841. The van der Waals surface area contributed by atoms with Crippen molar-refractivity contribution in [2.45, 2.75) is 18.9 Å². The number of piperidine rings is 1. The van der Waals surface area contributed by atoms with Crippen LogP contribution >= 0.6 is 0 Å². The molecule has 98 valence electrons. The van der Waals surface area contributed by atoms with E-state index in [1.165, 1.54) is 7.11 Å². The predicted octanol–water partition coefficient (Wildman–Crippen LogP) is 0.407. The van der Waals surface area contributed by atoms with Crippen LogP contribution in [0.4, 0.5) is 4.79 Å². The summed E-state index contributed by atoms with van der Waals surface area (Å²) in [7, 11) is 1.53. The maximum atomic E-state index is 11.0. The largest absolute Gasteiger partial charge is 0.480 e. The molecule has 1 fully saturated rings. The Kier molecular flexibility index (Phi) is 3.81. The maximum absolute atomic E-state index is 11.0. The van der Waals surface area contributed by atoms with E-state index in [0.29, 0.717) is 24.8 Å². The Bertz CT molecular complexity index is 401. The van der Waals surface area contributed by atoms with E-state index in [1.54, 1.807) is 17.0 Å². The fourth-order valence-corrected chi connectivity index (χ4v) is 1.84. The molecule has 7 heteroatoms. The number of nitrogens with two attached hydrogens (primary N) is 1. The van der Waals surface area contributed by atoms with Gasteiger partial charge in [-0.25, -0.2) is 4.79 Å². The van der Waals surface area contributed by atoms with Crippen molar-refractivity contribution in [2.75, 3.05) is 20.2 Å². The molecule has 1 aliphatic rings. The van der Waals surface area contributed by atoms with E-state index in [9.17, 15) is 4.79 Å². The zero-order valence-electron chi connectivity index (χ0n) is 10.2. The van der Waals surface area contributed by atoms with Gasteiger partial charge < -0.3 is 20.1 Å². The Morgan fingerprint density at radius 1 is 1.33 bits per heavy atom. The zero-order chi connectivity index (χ0) is 13.0. The van der Waals surface area contributed by atoms with Crippen LogP contribution in [-0.2, 0) is 0 Å². The molecule has 0 aliphatic carbocycles. The number of urea groups is 1. The lowest BCUT2D eigenvalue weighted by Crippen LogP contribution is -2.44. The molecule has 0 unspecified atom stereocenters. The second-order valence-corrected chi connectivity index (χ2v) is 4.06. The van der Waals surface area contributed by atoms with E-state index in [2.05, 4.69) is 10.2 Å². The van der Waals surface area contributed by atoms with Crippen LogP contribution < -0.4 is 15.2 Å². The molecular weight excluding hydrogens is 236 g/mol. The van der Waals surface area contributed by atoms with E-state index in [0.717, 1.165) is 12.8 Å². The van der Waals surface area contributed by atoms with Crippen molar-refractivity contribution in [3.8, 4) is 11.8 Å². The summed E-state index contributed by atoms with van der Waals surface area (Å²) >= 11 is 0. The van der Waals surface area contributed by atoms with Gasteiger partial charge in [0.25, 0.3) is 0 Å². The highest BCUT2D eigenvalue weighted by atomic mass is 16.5. The molecule has 2 rings (SSSR count). The fourth-order valence-electron chi connectivity index (χ4n) is 1.84. The number of likely N-dealkylation sites (tertiary alicyclic amines) is 1. The van der Waals surface area contributed by atoms with Crippen LogP contribution in [0.3, 0.4) is 0 Å². The van der Waals surface area contributed by atoms with Gasteiger partial charge in [0, 0.05) is 38.1 Å². The second kappa shape index (κ2) is 5.52. The highest BCUT2D eigenvalue weighted by molar-refractivity contribution is 5.72. The van der Waals surface area contributed by atoms with Crippen molar-refractivity contribution in [1.82, 2.24) is 15.1 Å². The molecule has 7 nitrogen and oxygen atoms in total. The topological polar surface area (TPSA) is 90.6 Å². The minimum Gasteiger partial charge on any atom is -0.480 e. The number of primary amides is 1. The zero-order valence-corrected chi connectivity index (χ0v) is 10.2. The lowest BCUT2D eigenvalue weighted by molar-refractivity contribution is 0.109. The molecule has 18 heavy (non-hydrogen) atoms. The van der Waals surface area contributed by atoms with E-state index < -0.39 is 0 Å². The van der Waals surface area contributed by atoms with Crippen molar-refractivity contribution in [2.24, 2.45) is 5.73 Å². The number of aromatic nitrogens is 2. The lowest BCUT2D eigenvalue weighted by atomic mass is 10.1. The number of rotatable bonds is 3. The van der Waals surface area contributed by atoms with Crippen LogP contribution in [-0.4, -0.2) is 47.4 Å². The standard InChI is InChI=1S/C11H16N4O3/c1-17-9-2-3-10(14-13-9)18-8-4-6-15(7-5-8)11(12)16/h2-3,8H,4-7H2,1H3,(H2,12,16). The summed E-state index contributed by atoms with van der Waals surface area (Å²) in [6.45, 7) is 1.23. The van der Waals surface area contributed by atoms with Gasteiger partial charge in [-0.1, -0.05) is 0 Å². The van der Waals surface area contributed by atoms with Crippen LogP contribution in [0.2, 0.25) is 0 Å². The van der Waals surface area contributed by atoms with Crippen LogP contribution in [0.25, 0.3) is 0 Å². The molecule has 0 aromatic carbocycles. The average molecular weight is 252 g/mol. The monoisotopic (exact) mass is 252 g/mol. The highest BCUT2D eigenvalue weighted by Gasteiger charge is 2.22. The smallest absolute Gasteiger partial charge is 0.314 e. The molecular formula is C11H16N4O3. The molecule has 2 N–H and O–H groups in total. The lowest BCUT2D eigenvalue weighted by Gasteiger charge is -2.30. The number of hydrogen-bond acceptors (Lipinski definition) is 5. The minimum absolute atomic E-state index is 0.0447. The third-order valence-corrected chi connectivity index (χ3v) is 2.87. The Labute approximate surface area is 105 Å². The molecule has 0 radical (unpaired) electrons. The first-order valence-corrected chi connectivity index (χ1v) is 5.78. The van der Waals surface area contributed by atoms with Crippen LogP contribution in [0.5, 0.6) is 11.8 Å². The molecule has 1 aliphatic heterocycles. The molecule has 2 amide bonds. The van der Waals surface area contributed by atoms with Gasteiger partial charge in [-0.05, 0) is 0 Å². The number of carbonyl (C=O) groups is 1. The van der Waals surface area contributed by atoms with Gasteiger partial charge in [-0.15, -0.1) is 10.2 Å². The van der Waals surface area contributed by atoms with Crippen molar-refractivity contribution >= 4 is 6.03 Å². The highest BCUT2D eigenvalue weighted by Crippen LogP contribution is 2.17. The Balaban J connectivity index is 1.85. The number of amides is 2. The molecule has 0 saturated carbocycles. The molecule has 0 bridgehead atoms. The predicted molar refractivity (Wildman–Crippen MR) is 63.4 cm³/mol. The first kappa shape index (κ1) is 12.4. The summed E-state index contributed by atoms with van der Waals surface area (Å²) in [4.78, 5) is 12.6. The molecule has 0 spiro atoms. The van der Waals surface area contributed by atoms with E-state index in [1.807, 2.05) is 0 Å². The molecule has 1 aromatic rings. The van der Waals surface area contributed by atoms with Crippen molar-refractivity contribution < 1.29 is 14.3 Å². The van der Waals surface area contributed by atoms with Crippen molar-refractivity contribution in [1.29, 1.82) is 0 Å². The fraction of sp³-hybridized carbons (Fsp3) is 0.545. The number of ether oxygens (including phenoxy) is 2. The first-order valence-electron chi connectivity index (χ1n) is 5.78. The maximum Gasteiger partial charge on any atom is 0.314 e. The van der Waals surface area contributed by atoms with Gasteiger partial charge >= 0.3 is 6.03 Å². The summed E-state index contributed by atoms with van der Waals surface area (Å²) in [5, 5.41) is 7.72. The Morgan fingerprint density at radius 2 is 1.94 bits per heavy atom. The summed E-state index contributed by atoms with van der Waals surface area (Å²) < 4.78 is 10.6. The molecule has 1 aromatic heterocycles. The summed E-state index contributed by atoms with van der Waals surface area (Å²) in [5.74, 6) is 0.916. The third-order valence-electron chi connectivity index (χ3n) is 2.87. The van der Waals surface area contributed by atoms with Crippen molar-refractivity contribution in [3.63, 3.8) is 0 Å². The Hall–Kier alpha value is -2.05. The Morgan fingerprint density at radius 3 is 2.44 bits per heavy atom. The van der Waals surface area contributed by atoms with Crippen molar-refractivity contribution in [3.05, 3.63) is 12.1 Å². The van der Waals surface area contributed by atoms with Gasteiger partial charge in [-0.3, -0.25) is 0 Å².